The van der Waals surface area contributed by atoms with Crippen LogP contribution in [-0.4, -0.2) is 18.0 Å². The first-order chi connectivity index (χ1) is 10.6. The molecular formula is C16H14FN3O2. The van der Waals surface area contributed by atoms with Gasteiger partial charge < -0.3 is 5.32 Å². The van der Waals surface area contributed by atoms with Gasteiger partial charge in [-0.2, -0.15) is 5.10 Å². The standard InChI is InChI=1S/C16H14FN3O2/c1-11-6-8-12(9-7-11)10-18-20-16(22)15(21)19-14-5-3-2-4-13(14)17/h2-10H,1H3,(H,19,21)(H,20,22)/b18-10-. The number of para-hydroxylation sites is 1. The summed E-state index contributed by atoms with van der Waals surface area (Å²) in [5.41, 5.74) is 3.90. The average molecular weight is 299 g/mol. The largest absolute Gasteiger partial charge is 0.329 e. The fraction of sp³-hybridized carbons (Fsp3) is 0.0625. The molecule has 2 rings (SSSR count). The topological polar surface area (TPSA) is 70.6 Å². The Kier molecular flexibility index (Phi) is 4.98. The summed E-state index contributed by atoms with van der Waals surface area (Å²) in [6, 6.07) is 13.0. The number of carbonyl (C=O) groups is 2. The molecule has 0 saturated heterocycles. The molecule has 0 aliphatic heterocycles. The normalized spacial score (nSPS) is 10.5. The van der Waals surface area contributed by atoms with E-state index in [0.717, 1.165) is 11.1 Å². The molecule has 0 bridgehead atoms. The van der Waals surface area contributed by atoms with E-state index in [1.165, 1.54) is 24.4 Å². The van der Waals surface area contributed by atoms with E-state index in [9.17, 15) is 14.0 Å². The van der Waals surface area contributed by atoms with Crippen LogP contribution in [0.5, 0.6) is 0 Å². The van der Waals surface area contributed by atoms with Gasteiger partial charge in [0.05, 0.1) is 11.9 Å². The number of anilines is 1. The first-order valence-electron chi connectivity index (χ1n) is 6.52. The third-order valence-corrected chi connectivity index (χ3v) is 2.79. The van der Waals surface area contributed by atoms with Gasteiger partial charge in [0.15, 0.2) is 0 Å². The van der Waals surface area contributed by atoms with Crippen LogP contribution in [0, 0.1) is 12.7 Å². The number of carbonyl (C=O) groups excluding carboxylic acids is 2. The van der Waals surface area contributed by atoms with Gasteiger partial charge in [-0.15, -0.1) is 0 Å². The molecule has 0 aliphatic carbocycles. The van der Waals surface area contributed by atoms with Crippen LogP contribution in [0.15, 0.2) is 53.6 Å². The molecule has 0 saturated carbocycles. The van der Waals surface area contributed by atoms with E-state index in [-0.39, 0.29) is 5.69 Å². The lowest BCUT2D eigenvalue weighted by atomic mass is 10.2. The van der Waals surface area contributed by atoms with E-state index in [0.29, 0.717) is 0 Å². The molecule has 6 heteroatoms. The zero-order chi connectivity index (χ0) is 15.9. The maximum absolute atomic E-state index is 13.3. The second kappa shape index (κ2) is 7.12. The van der Waals surface area contributed by atoms with Gasteiger partial charge in [0.25, 0.3) is 0 Å². The van der Waals surface area contributed by atoms with E-state index in [1.54, 1.807) is 6.07 Å². The van der Waals surface area contributed by atoms with Gasteiger partial charge in [0.1, 0.15) is 5.82 Å². The lowest BCUT2D eigenvalue weighted by Crippen LogP contribution is -2.32. The number of hydrogen-bond donors (Lipinski definition) is 2. The zero-order valence-corrected chi connectivity index (χ0v) is 11.8. The Morgan fingerprint density at radius 3 is 2.41 bits per heavy atom. The van der Waals surface area contributed by atoms with Crippen molar-refractivity contribution in [1.82, 2.24) is 5.43 Å². The maximum Gasteiger partial charge on any atom is 0.329 e. The molecular weight excluding hydrogens is 285 g/mol. The predicted molar refractivity (Wildman–Crippen MR) is 81.9 cm³/mol. The molecule has 22 heavy (non-hydrogen) atoms. The molecule has 2 aromatic rings. The summed E-state index contributed by atoms with van der Waals surface area (Å²) in [5.74, 6) is -2.59. The lowest BCUT2D eigenvalue weighted by Gasteiger charge is -2.04. The number of hydrazone groups is 1. The molecule has 0 aromatic heterocycles. The van der Waals surface area contributed by atoms with Crippen LogP contribution in [0.25, 0.3) is 0 Å². The number of nitrogens with zero attached hydrogens (tertiary/aromatic N) is 1. The molecule has 0 fully saturated rings. The summed E-state index contributed by atoms with van der Waals surface area (Å²) in [6.45, 7) is 1.95. The summed E-state index contributed by atoms with van der Waals surface area (Å²) in [6.07, 6.45) is 1.41. The molecule has 0 aliphatic rings. The van der Waals surface area contributed by atoms with Crippen molar-refractivity contribution in [2.45, 2.75) is 6.92 Å². The van der Waals surface area contributed by atoms with Gasteiger partial charge >= 0.3 is 11.8 Å². The van der Waals surface area contributed by atoms with Crippen LogP contribution in [-0.2, 0) is 9.59 Å². The van der Waals surface area contributed by atoms with Crippen molar-refractivity contribution in [2.24, 2.45) is 5.10 Å². The molecule has 5 nitrogen and oxygen atoms in total. The number of halogens is 1. The summed E-state index contributed by atoms with van der Waals surface area (Å²) >= 11 is 0. The molecule has 0 radical (unpaired) electrons. The third kappa shape index (κ3) is 4.24. The molecule has 2 amide bonds. The number of amides is 2. The number of aryl methyl sites for hydroxylation is 1. The monoisotopic (exact) mass is 299 g/mol. The van der Waals surface area contributed by atoms with Gasteiger partial charge in [0.2, 0.25) is 0 Å². The number of hydrogen-bond acceptors (Lipinski definition) is 3. The van der Waals surface area contributed by atoms with E-state index in [4.69, 9.17) is 0 Å². The summed E-state index contributed by atoms with van der Waals surface area (Å²) in [4.78, 5) is 23.1. The van der Waals surface area contributed by atoms with Crippen LogP contribution in [0.1, 0.15) is 11.1 Å². The Balaban J connectivity index is 1.90. The fourth-order valence-electron chi connectivity index (χ4n) is 1.61. The molecule has 0 heterocycles. The molecule has 0 spiro atoms. The van der Waals surface area contributed by atoms with Crippen LogP contribution >= 0.6 is 0 Å². The minimum absolute atomic E-state index is 0.0647. The van der Waals surface area contributed by atoms with Crippen molar-refractivity contribution < 1.29 is 14.0 Å². The maximum atomic E-state index is 13.3. The molecule has 2 aromatic carbocycles. The second-order valence-electron chi connectivity index (χ2n) is 4.54. The van der Waals surface area contributed by atoms with Gasteiger partial charge in [-0.3, -0.25) is 9.59 Å². The van der Waals surface area contributed by atoms with E-state index < -0.39 is 17.6 Å². The Hall–Kier alpha value is -3.02. The summed E-state index contributed by atoms with van der Waals surface area (Å²) in [5, 5.41) is 5.84. The van der Waals surface area contributed by atoms with Gasteiger partial charge in [-0.05, 0) is 24.6 Å². The van der Waals surface area contributed by atoms with Crippen molar-refractivity contribution in [3.8, 4) is 0 Å². The Bertz CT molecular complexity index is 712. The average Bonchev–Trinajstić information content (AvgIpc) is 2.51. The Morgan fingerprint density at radius 2 is 1.73 bits per heavy atom. The van der Waals surface area contributed by atoms with E-state index in [2.05, 4.69) is 15.8 Å². The molecule has 2 N–H and O–H groups in total. The van der Waals surface area contributed by atoms with Gasteiger partial charge in [-0.25, -0.2) is 9.82 Å². The molecule has 0 atom stereocenters. The zero-order valence-electron chi connectivity index (χ0n) is 11.8. The fourth-order valence-corrected chi connectivity index (χ4v) is 1.61. The van der Waals surface area contributed by atoms with Crippen LogP contribution in [0.3, 0.4) is 0 Å². The number of rotatable bonds is 3. The lowest BCUT2D eigenvalue weighted by molar-refractivity contribution is -0.136. The first-order valence-corrected chi connectivity index (χ1v) is 6.52. The minimum Gasteiger partial charge on any atom is -0.315 e. The van der Waals surface area contributed by atoms with E-state index in [1.807, 2.05) is 31.2 Å². The van der Waals surface area contributed by atoms with Crippen molar-refractivity contribution >= 4 is 23.7 Å². The van der Waals surface area contributed by atoms with Crippen molar-refractivity contribution in [3.63, 3.8) is 0 Å². The van der Waals surface area contributed by atoms with Crippen molar-refractivity contribution in [3.05, 3.63) is 65.5 Å². The smallest absolute Gasteiger partial charge is 0.315 e. The van der Waals surface area contributed by atoms with Crippen LogP contribution < -0.4 is 10.7 Å². The third-order valence-electron chi connectivity index (χ3n) is 2.79. The summed E-state index contributed by atoms with van der Waals surface area (Å²) in [7, 11) is 0. The predicted octanol–water partition coefficient (Wildman–Crippen LogP) is 2.22. The Morgan fingerprint density at radius 1 is 1.05 bits per heavy atom. The highest BCUT2D eigenvalue weighted by atomic mass is 19.1. The van der Waals surface area contributed by atoms with E-state index >= 15 is 0 Å². The molecule has 112 valence electrons. The van der Waals surface area contributed by atoms with Crippen LogP contribution in [0.4, 0.5) is 10.1 Å². The van der Waals surface area contributed by atoms with Crippen LogP contribution in [0.2, 0.25) is 0 Å². The highest BCUT2D eigenvalue weighted by Gasteiger charge is 2.14. The number of benzene rings is 2. The van der Waals surface area contributed by atoms with Gasteiger partial charge in [-0.1, -0.05) is 42.0 Å². The minimum atomic E-state index is -0.994. The molecule has 0 unspecified atom stereocenters. The quantitative estimate of drug-likeness (QED) is 0.518. The highest BCUT2D eigenvalue weighted by molar-refractivity contribution is 6.39. The van der Waals surface area contributed by atoms with Crippen molar-refractivity contribution in [1.29, 1.82) is 0 Å². The van der Waals surface area contributed by atoms with Gasteiger partial charge in [0, 0.05) is 0 Å². The van der Waals surface area contributed by atoms with Crippen molar-refractivity contribution in [2.75, 3.05) is 5.32 Å². The highest BCUT2D eigenvalue weighted by Crippen LogP contribution is 2.11. The number of nitrogens with one attached hydrogen (secondary N) is 2. The summed E-state index contributed by atoms with van der Waals surface area (Å²) < 4.78 is 13.3. The second-order valence-corrected chi connectivity index (χ2v) is 4.54. The first kappa shape index (κ1) is 15.4. The Labute approximate surface area is 126 Å². The SMILES string of the molecule is Cc1ccc(/C=N\NC(=O)C(=O)Nc2ccccc2F)cc1.